The van der Waals surface area contributed by atoms with Crippen LogP contribution in [0, 0.1) is 0 Å². The Balaban J connectivity index is -0.000000859. The number of carboxylic acids is 2. The van der Waals surface area contributed by atoms with E-state index in [2.05, 4.69) is 13.8 Å². The minimum Gasteiger partial charge on any atom is -0.481 e. The van der Waals surface area contributed by atoms with Gasteiger partial charge >= 0.3 is 11.9 Å². The fourth-order valence-electron chi connectivity index (χ4n) is 7.38. The van der Waals surface area contributed by atoms with Crippen molar-refractivity contribution in [3.8, 4) is 0 Å². The Morgan fingerprint density at radius 2 is 0.450 bits per heavy atom. The van der Waals surface area contributed by atoms with E-state index in [9.17, 15) is 9.59 Å². The molecule has 0 heterocycles. The summed E-state index contributed by atoms with van der Waals surface area (Å²) < 4.78 is 0. The quantitative estimate of drug-likeness (QED) is 0.0273. The van der Waals surface area contributed by atoms with Crippen LogP contribution in [-0.2, 0) is 9.59 Å². The molecule has 8 N–H and O–H groups in total. The van der Waals surface area contributed by atoms with Gasteiger partial charge in [-0.3, -0.25) is 9.59 Å². The molecule has 0 saturated heterocycles. The molecular formula is C50H102O10. The molecule has 0 aliphatic heterocycles. The van der Waals surface area contributed by atoms with E-state index in [1.54, 1.807) is 0 Å². The Labute approximate surface area is 369 Å². The van der Waals surface area contributed by atoms with Gasteiger partial charge in [-0.05, 0) is 12.8 Å². The van der Waals surface area contributed by atoms with Crippen molar-refractivity contribution in [3.05, 3.63) is 0 Å². The van der Waals surface area contributed by atoms with Crippen LogP contribution in [0.5, 0.6) is 0 Å². The van der Waals surface area contributed by atoms with Gasteiger partial charge < -0.3 is 40.9 Å². The Kier molecular flexibility index (Phi) is 56.5. The maximum Gasteiger partial charge on any atom is 0.303 e. The highest BCUT2D eigenvalue weighted by Crippen LogP contribution is 2.17. The molecule has 0 aliphatic carbocycles. The van der Waals surface area contributed by atoms with Crippen molar-refractivity contribution in [2.45, 2.75) is 295 Å². The molecule has 0 amide bonds. The number of unbranched alkanes of at least 4 members (excludes halogenated alkanes) is 36. The molecule has 10 nitrogen and oxygen atoms in total. The topological polar surface area (TPSA) is 196 Å². The van der Waals surface area contributed by atoms with Crippen molar-refractivity contribution >= 4 is 11.9 Å². The third-order valence-corrected chi connectivity index (χ3v) is 11.5. The minimum absolute atomic E-state index is 0.346. The summed E-state index contributed by atoms with van der Waals surface area (Å²) >= 11 is 0. The van der Waals surface area contributed by atoms with Crippen LogP contribution in [0.2, 0.25) is 0 Å². The molecule has 0 aromatic rings. The number of aliphatic hydroxyl groups excluding tert-OH is 6. The average molecular weight is 863 g/mol. The first-order valence-electron chi connectivity index (χ1n) is 25.5. The highest BCUT2D eigenvalue weighted by atomic mass is 16.4. The molecule has 0 rings (SSSR count). The van der Waals surface area contributed by atoms with Gasteiger partial charge in [0.15, 0.2) is 0 Å². The molecule has 0 unspecified atom stereocenters. The molecule has 10 heteroatoms. The Hall–Kier alpha value is -1.30. The molecular weight excluding hydrogens is 761 g/mol. The lowest BCUT2D eigenvalue weighted by Gasteiger charge is -2.24. The van der Waals surface area contributed by atoms with Gasteiger partial charge in [0.05, 0.1) is 13.2 Å². The zero-order chi connectivity index (χ0) is 45.2. The number of hydrogen-bond acceptors (Lipinski definition) is 8. The number of carboxylic acid groups (broad SMARTS) is 2. The van der Waals surface area contributed by atoms with Crippen LogP contribution in [-0.4, -0.2) is 90.4 Å². The maximum atomic E-state index is 10.4. The summed E-state index contributed by atoms with van der Waals surface area (Å²) in [4.78, 5) is 20.8. The Morgan fingerprint density at radius 3 is 0.583 bits per heavy atom. The SMILES string of the molecule is CCCCCCCCCCCCCCCCCCCCCC(=O)O.CCCCCCCCCCCCCCCCCCCCCC(=O)O.OC[C@@H](O)[C@@H](O)[C@H](O)[C@@H](O)CO. The monoisotopic (exact) mass is 863 g/mol. The second-order valence-electron chi connectivity index (χ2n) is 17.5. The van der Waals surface area contributed by atoms with Gasteiger partial charge in [0, 0.05) is 12.8 Å². The fraction of sp³-hybridized carbons (Fsp3) is 0.960. The summed E-state index contributed by atoms with van der Waals surface area (Å²) in [7, 11) is 0. The van der Waals surface area contributed by atoms with Gasteiger partial charge in [-0.1, -0.05) is 245 Å². The van der Waals surface area contributed by atoms with E-state index in [4.69, 9.17) is 40.9 Å². The minimum atomic E-state index is -1.67. The highest BCUT2D eigenvalue weighted by molar-refractivity contribution is 5.66. The second kappa shape index (κ2) is 53.8. The molecule has 0 aliphatic rings. The van der Waals surface area contributed by atoms with Gasteiger partial charge in [-0.2, -0.15) is 0 Å². The lowest BCUT2D eigenvalue weighted by Crippen LogP contribution is -2.46. The maximum absolute atomic E-state index is 10.4. The van der Waals surface area contributed by atoms with E-state index >= 15 is 0 Å². The number of carbonyl (C=O) groups is 2. The van der Waals surface area contributed by atoms with Crippen LogP contribution in [0.3, 0.4) is 0 Å². The first kappa shape index (κ1) is 63.0. The standard InChI is InChI=1S/2C22H44O2.C6H14O6/c2*1-2-3-4-5-6-7-8-9-10-11-12-13-14-15-16-17-18-19-20-21-22(23)24;7-1-3(9)5(11)6(12)4(10)2-8/h2*2-21H2,1H3,(H,23,24);3-12H,1-2H2/t;;3-,4+,5-,6-/m..1/s1. The molecule has 0 aromatic heterocycles. The molecule has 0 aromatic carbocycles. The average Bonchev–Trinajstić information content (AvgIpc) is 3.24. The van der Waals surface area contributed by atoms with E-state index in [0.29, 0.717) is 12.8 Å². The van der Waals surface area contributed by atoms with Crippen LogP contribution in [0.15, 0.2) is 0 Å². The molecule has 0 fully saturated rings. The number of rotatable bonds is 45. The van der Waals surface area contributed by atoms with Crippen LogP contribution >= 0.6 is 0 Å². The van der Waals surface area contributed by atoms with E-state index < -0.39 is 49.6 Å². The third kappa shape index (κ3) is 54.7. The van der Waals surface area contributed by atoms with Crippen molar-refractivity contribution in [1.29, 1.82) is 0 Å². The first-order chi connectivity index (χ1) is 29.1. The lowest BCUT2D eigenvalue weighted by molar-refractivity contribution is -0.138. The van der Waals surface area contributed by atoms with Gasteiger partial charge in [0.1, 0.15) is 24.4 Å². The largest absolute Gasteiger partial charge is 0.481 e. The van der Waals surface area contributed by atoms with Crippen molar-refractivity contribution in [3.63, 3.8) is 0 Å². The van der Waals surface area contributed by atoms with Crippen LogP contribution < -0.4 is 0 Å². The molecule has 60 heavy (non-hydrogen) atoms. The Morgan fingerprint density at radius 1 is 0.300 bits per heavy atom. The molecule has 0 bridgehead atoms. The molecule has 0 spiro atoms. The first-order valence-corrected chi connectivity index (χ1v) is 25.5. The highest BCUT2D eigenvalue weighted by Gasteiger charge is 2.29. The summed E-state index contributed by atoms with van der Waals surface area (Å²) in [6.07, 6.45) is 45.8. The summed E-state index contributed by atoms with van der Waals surface area (Å²) in [6, 6.07) is 0. The number of aliphatic carboxylic acids is 2. The number of hydrogen-bond donors (Lipinski definition) is 8. The molecule has 0 radical (unpaired) electrons. The van der Waals surface area contributed by atoms with Crippen molar-refractivity contribution in [2.24, 2.45) is 0 Å². The summed E-state index contributed by atoms with van der Waals surface area (Å²) in [6.45, 7) is 3.11. The number of aliphatic hydroxyl groups is 6. The van der Waals surface area contributed by atoms with Gasteiger partial charge in [0.2, 0.25) is 0 Å². The van der Waals surface area contributed by atoms with Crippen molar-refractivity contribution < 1.29 is 50.4 Å². The van der Waals surface area contributed by atoms with Crippen LogP contribution in [0.25, 0.3) is 0 Å². The van der Waals surface area contributed by atoms with E-state index in [0.717, 1.165) is 25.7 Å². The summed E-state index contributed by atoms with van der Waals surface area (Å²) in [5, 5.41) is 69.3. The Bertz CT molecular complexity index is 763. The van der Waals surface area contributed by atoms with Gasteiger partial charge in [-0.15, -0.1) is 0 Å². The lowest BCUT2D eigenvalue weighted by atomic mass is 10.0. The van der Waals surface area contributed by atoms with Gasteiger partial charge in [-0.25, -0.2) is 0 Å². The van der Waals surface area contributed by atoms with E-state index in [-0.39, 0.29) is 0 Å². The van der Waals surface area contributed by atoms with Crippen LogP contribution in [0.4, 0.5) is 0 Å². The smallest absolute Gasteiger partial charge is 0.303 e. The predicted octanol–water partition coefficient (Wildman–Crippen LogP) is 12.2. The van der Waals surface area contributed by atoms with Gasteiger partial charge in [0.25, 0.3) is 0 Å². The molecule has 4 atom stereocenters. The summed E-state index contributed by atoms with van der Waals surface area (Å²) in [5.74, 6) is -1.30. The molecule has 0 saturated carbocycles. The fourth-order valence-corrected chi connectivity index (χ4v) is 7.38. The van der Waals surface area contributed by atoms with E-state index in [1.165, 1.54) is 218 Å². The molecule has 362 valence electrons. The predicted molar refractivity (Wildman–Crippen MR) is 249 cm³/mol. The van der Waals surface area contributed by atoms with Crippen molar-refractivity contribution in [1.82, 2.24) is 0 Å². The zero-order valence-electron chi connectivity index (χ0n) is 39.4. The summed E-state index contributed by atoms with van der Waals surface area (Å²) in [5.41, 5.74) is 0. The third-order valence-electron chi connectivity index (χ3n) is 11.5. The zero-order valence-corrected chi connectivity index (χ0v) is 39.4. The normalized spacial score (nSPS) is 13.1. The van der Waals surface area contributed by atoms with E-state index in [1.807, 2.05) is 0 Å². The second-order valence-corrected chi connectivity index (χ2v) is 17.5. The van der Waals surface area contributed by atoms with Crippen molar-refractivity contribution in [2.75, 3.05) is 13.2 Å². The van der Waals surface area contributed by atoms with Crippen LogP contribution in [0.1, 0.15) is 271 Å².